The van der Waals surface area contributed by atoms with Crippen molar-refractivity contribution >= 4 is 11.0 Å². The summed E-state index contributed by atoms with van der Waals surface area (Å²) in [4.78, 5) is 4.76. The first-order valence-corrected chi connectivity index (χ1v) is 11.9. The van der Waals surface area contributed by atoms with Gasteiger partial charge < -0.3 is 4.42 Å². The summed E-state index contributed by atoms with van der Waals surface area (Å²) in [7, 11) is 0. The molecule has 0 aliphatic heterocycles. The highest BCUT2D eigenvalue weighted by Crippen LogP contribution is 2.34. The standard InChI is InChI=1S/C32H31NO/c1-20-14-25(16-27(15-20)32(4,5)6)28-18-30-26(19-33-28)17-29(34-30)23-10-12-24(13-11-23)31-21(2)8-7-9-22(31)3/h7-19H,1-6H3. The van der Waals surface area contributed by atoms with Crippen LogP contribution in [0.3, 0.4) is 0 Å². The fourth-order valence-electron chi connectivity index (χ4n) is 4.67. The molecule has 2 nitrogen and oxygen atoms in total. The van der Waals surface area contributed by atoms with Gasteiger partial charge in [0.15, 0.2) is 0 Å². The normalized spacial score (nSPS) is 11.8. The summed E-state index contributed by atoms with van der Waals surface area (Å²) in [6.45, 7) is 13.2. The Labute approximate surface area is 202 Å². The van der Waals surface area contributed by atoms with Gasteiger partial charge in [-0.25, -0.2) is 0 Å². The zero-order valence-electron chi connectivity index (χ0n) is 20.9. The smallest absolute Gasteiger partial charge is 0.138 e. The fraction of sp³-hybridized carbons (Fsp3) is 0.219. The SMILES string of the molecule is Cc1cc(-c2cc3oc(-c4ccc(-c5c(C)cccc5C)cc4)cc3cn2)cc(C(C)(C)C)c1. The topological polar surface area (TPSA) is 26.0 Å². The molecule has 0 atom stereocenters. The number of nitrogens with zero attached hydrogens (tertiary/aromatic N) is 1. The van der Waals surface area contributed by atoms with E-state index in [1.54, 1.807) is 0 Å². The van der Waals surface area contributed by atoms with E-state index in [0.29, 0.717) is 0 Å². The van der Waals surface area contributed by atoms with Crippen molar-refractivity contribution in [1.82, 2.24) is 4.98 Å². The van der Waals surface area contributed by atoms with Crippen molar-refractivity contribution in [2.75, 3.05) is 0 Å². The highest BCUT2D eigenvalue weighted by Gasteiger charge is 2.16. The molecule has 2 heteroatoms. The molecule has 3 aromatic carbocycles. The maximum atomic E-state index is 6.30. The Hall–Kier alpha value is -3.65. The van der Waals surface area contributed by atoms with Gasteiger partial charge in [-0.05, 0) is 72.2 Å². The summed E-state index contributed by atoms with van der Waals surface area (Å²) in [5, 5.41) is 1.02. The van der Waals surface area contributed by atoms with E-state index in [1.165, 1.54) is 33.4 Å². The Morgan fingerprint density at radius 2 is 1.38 bits per heavy atom. The van der Waals surface area contributed by atoms with Gasteiger partial charge in [0, 0.05) is 28.8 Å². The average molecular weight is 446 g/mol. The van der Waals surface area contributed by atoms with Crippen molar-refractivity contribution in [3.63, 3.8) is 0 Å². The second kappa shape index (κ2) is 8.29. The van der Waals surface area contributed by atoms with E-state index in [9.17, 15) is 0 Å². The summed E-state index contributed by atoms with van der Waals surface area (Å²) in [6, 6.07) is 25.9. The van der Waals surface area contributed by atoms with Gasteiger partial charge in [-0.15, -0.1) is 0 Å². The predicted octanol–water partition coefficient (Wildman–Crippen LogP) is 9.05. The second-order valence-electron chi connectivity index (χ2n) is 10.4. The molecule has 170 valence electrons. The third kappa shape index (κ3) is 4.17. The van der Waals surface area contributed by atoms with Crippen LogP contribution in [-0.2, 0) is 5.41 Å². The molecular weight excluding hydrogens is 414 g/mol. The Morgan fingerprint density at radius 3 is 2.06 bits per heavy atom. The van der Waals surface area contributed by atoms with Crippen molar-refractivity contribution < 1.29 is 4.42 Å². The zero-order chi connectivity index (χ0) is 24.0. The van der Waals surface area contributed by atoms with Gasteiger partial charge in [0.25, 0.3) is 0 Å². The van der Waals surface area contributed by atoms with Crippen LogP contribution in [0, 0.1) is 20.8 Å². The van der Waals surface area contributed by atoms with Gasteiger partial charge in [-0.1, -0.05) is 74.9 Å². The molecule has 0 aliphatic carbocycles. The van der Waals surface area contributed by atoms with Crippen molar-refractivity contribution in [3.05, 3.63) is 101 Å². The maximum absolute atomic E-state index is 6.30. The Bertz CT molecular complexity index is 1480. The van der Waals surface area contributed by atoms with Crippen LogP contribution in [0.15, 0.2) is 83.4 Å². The van der Waals surface area contributed by atoms with Gasteiger partial charge in [0.2, 0.25) is 0 Å². The fourth-order valence-corrected chi connectivity index (χ4v) is 4.67. The summed E-state index contributed by atoms with van der Waals surface area (Å²) in [5.41, 5.74) is 11.8. The lowest BCUT2D eigenvalue weighted by atomic mass is 9.85. The first kappa shape index (κ1) is 22.2. The van der Waals surface area contributed by atoms with Crippen LogP contribution in [0.25, 0.3) is 44.7 Å². The first-order valence-electron chi connectivity index (χ1n) is 11.9. The van der Waals surface area contributed by atoms with Crippen molar-refractivity contribution in [2.24, 2.45) is 0 Å². The van der Waals surface area contributed by atoms with E-state index in [1.807, 2.05) is 6.20 Å². The molecule has 0 amide bonds. The van der Waals surface area contributed by atoms with Crippen molar-refractivity contribution in [2.45, 2.75) is 47.0 Å². The molecule has 0 N–H and O–H groups in total. The number of hydrogen-bond donors (Lipinski definition) is 0. The third-order valence-electron chi connectivity index (χ3n) is 6.58. The molecule has 0 spiro atoms. The van der Waals surface area contributed by atoms with Crippen molar-refractivity contribution in [1.29, 1.82) is 0 Å². The van der Waals surface area contributed by atoms with Gasteiger partial charge in [0.1, 0.15) is 11.3 Å². The van der Waals surface area contributed by atoms with E-state index in [-0.39, 0.29) is 5.41 Å². The van der Waals surface area contributed by atoms with E-state index in [2.05, 4.69) is 114 Å². The van der Waals surface area contributed by atoms with Crippen LogP contribution in [-0.4, -0.2) is 4.98 Å². The van der Waals surface area contributed by atoms with E-state index < -0.39 is 0 Å². The lowest BCUT2D eigenvalue weighted by Gasteiger charge is -2.20. The number of fused-ring (bicyclic) bond motifs is 1. The molecule has 2 aromatic heterocycles. The molecule has 0 aliphatic rings. The van der Waals surface area contributed by atoms with Gasteiger partial charge in [0.05, 0.1) is 5.69 Å². The molecule has 0 saturated heterocycles. The molecule has 2 heterocycles. The second-order valence-corrected chi connectivity index (χ2v) is 10.4. The molecule has 5 aromatic rings. The highest BCUT2D eigenvalue weighted by molar-refractivity contribution is 5.85. The minimum Gasteiger partial charge on any atom is -0.456 e. The number of furan rings is 1. The minimum atomic E-state index is 0.0890. The summed E-state index contributed by atoms with van der Waals surface area (Å²) >= 11 is 0. The average Bonchev–Trinajstić information content (AvgIpc) is 3.22. The van der Waals surface area contributed by atoms with Gasteiger partial charge in [-0.2, -0.15) is 0 Å². The monoisotopic (exact) mass is 445 g/mol. The molecule has 34 heavy (non-hydrogen) atoms. The molecule has 0 unspecified atom stereocenters. The number of aromatic nitrogens is 1. The van der Waals surface area contributed by atoms with Crippen LogP contribution >= 0.6 is 0 Å². The van der Waals surface area contributed by atoms with Crippen LogP contribution in [0.1, 0.15) is 43.0 Å². The summed E-state index contributed by atoms with van der Waals surface area (Å²) < 4.78 is 6.30. The van der Waals surface area contributed by atoms with Gasteiger partial charge >= 0.3 is 0 Å². The minimum absolute atomic E-state index is 0.0890. The molecular formula is C32H31NO. The molecule has 0 radical (unpaired) electrons. The largest absolute Gasteiger partial charge is 0.456 e. The van der Waals surface area contributed by atoms with Gasteiger partial charge in [-0.3, -0.25) is 4.98 Å². The highest BCUT2D eigenvalue weighted by atomic mass is 16.3. The van der Waals surface area contributed by atoms with E-state index in [0.717, 1.165) is 33.6 Å². The van der Waals surface area contributed by atoms with Crippen molar-refractivity contribution in [3.8, 4) is 33.7 Å². The van der Waals surface area contributed by atoms with Crippen LogP contribution in [0.2, 0.25) is 0 Å². The molecule has 0 fully saturated rings. The van der Waals surface area contributed by atoms with Crippen LogP contribution in [0.5, 0.6) is 0 Å². The molecule has 5 rings (SSSR count). The predicted molar refractivity (Wildman–Crippen MR) is 143 cm³/mol. The summed E-state index contributed by atoms with van der Waals surface area (Å²) in [5.74, 6) is 0.863. The number of aryl methyl sites for hydroxylation is 3. The Morgan fingerprint density at radius 1 is 0.706 bits per heavy atom. The Balaban J connectivity index is 1.50. The first-order chi connectivity index (χ1) is 16.2. The van der Waals surface area contributed by atoms with Crippen LogP contribution < -0.4 is 0 Å². The molecule has 0 bridgehead atoms. The lowest BCUT2D eigenvalue weighted by Crippen LogP contribution is -2.11. The Kier molecular flexibility index (Phi) is 5.40. The number of pyridine rings is 1. The third-order valence-corrected chi connectivity index (χ3v) is 6.58. The van der Waals surface area contributed by atoms with E-state index in [4.69, 9.17) is 9.40 Å². The maximum Gasteiger partial charge on any atom is 0.138 e. The number of rotatable bonds is 3. The number of hydrogen-bond acceptors (Lipinski definition) is 2. The zero-order valence-corrected chi connectivity index (χ0v) is 20.9. The van der Waals surface area contributed by atoms with Crippen LogP contribution in [0.4, 0.5) is 0 Å². The number of benzene rings is 3. The molecule has 0 saturated carbocycles. The van der Waals surface area contributed by atoms with E-state index >= 15 is 0 Å². The quantitative estimate of drug-likeness (QED) is 0.277. The summed E-state index contributed by atoms with van der Waals surface area (Å²) in [6.07, 6.45) is 1.92. The lowest BCUT2D eigenvalue weighted by molar-refractivity contribution is 0.590.